The molecule has 0 spiro atoms. The summed E-state index contributed by atoms with van der Waals surface area (Å²) in [7, 11) is 0. The topological polar surface area (TPSA) is 48.5 Å². The van der Waals surface area contributed by atoms with Gasteiger partial charge in [-0.2, -0.15) is 0 Å². The molecule has 1 N–H and O–H groups in total. The highest BCUT2D eigenvalue weighted by Gasteiger charge is 2.53. The Hall–Kier alpha value is -1.17. The molecule has 6 heteroatoms. The van der Waals surface area contributed by atoms with E-state index in [2.05, 4.69) is 22.1 Å². The Morgan fingerprint density at radius 1 is 1.55 bits per heavy atom. The largest absolute Gasteiger partial charge is 0.312 e. The molecule has 2 fully saturated rings. The number of amides is 1. The SMILES string of the molecule is C[C@@H]1CN(C2(C)CN(c3cccnc3Cl)C2=O)CCN1. The first-order valence-corrected chi connectivity index (χ1v) is 7.31. The Kier molecular flexibility index (Phi) is 3.44. The molecular weight excluding hydrogens is 276 g/mol. The highest BCUT2D eigenvalue weighted by molar-refractivity contribution is 6.33. The van der Waals surface area contributed by atoms with Gasteiger partial charge in [0, 0.05) is 31.9 Å². The normalized spacial score (nSPS) is 31.2. The summed E-state index contributed by atoms with van der Waals surface area (Å²) in [5.41, 5.74) is 0.301. The van der Waals surface area contributed by atoms with Gasteiger partial charge in [0.2, 0.25) is 5.91 Å². The number of carbonyl (C=O) groups is 1. The van der Waals surface area contributed by atoms with Gasteiger partial charge in [0.25, 0.3) is 0 Å². The lowest BCUT2D eigenvalue weighted by molar-refractivity contribution is -0.138. The van der Waals surface area contributed by atoms with E-state index >= 15 is 0 Å². The van der Waals surface area contributed by atoms with Crippen LogP contribution in [-0.4, -0.2) is 53.6 Å². The van der Waals surface area contributed by atoms with E-state index in [-0.39, 0.29) is 5.91 Å². The molecule has 0 saturated carbocycles. The van der Waals surface area contributed by atoms with Gasteiger partial charge in [-0.15, -0.1) is 0 Å². The molecule has 3 rings (SSSR count). The van der Waals surface area contributed by atoms with E-state index in [0.717, 1.165) is 19.6 Å². The summed E-state index contributed by atoms with van der Waals surface area (Å²) in [5.74, 6) is 0.113. The van der Waals surface area contributed by atoms with Crippen molar-refractivity contribution in [1.29, 1.82) is 0 Å². The predicted octanol–water partition coefficient (Wildman–Crippen LogP) is 1.13. The van der Waals surface area contributed by atoms with Crippen molar-refractivity contribution < 1.29 is 4.79 Å². The van der Waals surface area contributed by atoms with Crippen LogP contribution in [0.2, 0.25) is 5.15 Å². The van der Waals surface area contributed by atoms with E-state index in [1.54, 1.807) is 17.2 Å². The van der Waals surface area contributed by atoms with E-state index in [1.165, 1.54) is 0 Å². The number of nitrogens with one attached hydrogen (secondary N) is 1. The van der Waals surface area contributed by atoms with Gasteiger partial charge >= 0.3 is 0 Å². The van der Waals surface area contributed by atoms with Crippen LogP contribution in [0.15, 0.2) is 18.3 Å². The molecular formula is C14H19ClN4O. The number of anilines is 1. The molecule has 1 amide bonds. The third kappa shape index (κ3) is 2.10. The first kappa shape index (κ1) is 13.8. The molecule has 1 aromatic rings. The monoisotopic (exact) mass is 294 g/mol. The lowest BCUT2D eigenvalue weighted by Crippen LogP contribution is -2.75. The zero-order chi connectivity index (χ0) is 14.3. The molecule has 2 aliphatic rings. The first-order valence-electron chi connectivity index (χ1n) is 6.93. The Bertz CT molecular complexity index is 538. The van der Waals surface area contributed by atoms with Crippen molar-refractivity contribution >= 4 is 23.2 Å². The van der Waals surface area contributed by atoms with Crippen LogP contribution in [-0.2, 0) is 4.79 Å². The first-order chi connectivity index (χ1) is 9.52. The standard InChI is InChI=1S/C14H19ClN4O/c1-10-8-18(7-6-16-10)14(2)9-19(13(14)20)11-4-3-5-17-12(11)15/h3-5,10,16H,6-9H2,1-2H3/t10-,14?/m1/s1. The van der Waals surface area contributed by atoms with Crippen molar-refractivity contribution in [2.45, 2.75) is 25.4 Å². The molecule has 5 nitrogen and oxygen atoms in total. The van der Waals surface area contributed by atoms with E-state index in [1.807, 2.05) is 13.0 Å². The van der Waals surface area contributed by atoms with Crippen LogP contribution in [0.5, 0.6) is 0 Å². The van der Waals surface area contributed by atoms with Gasteiger partial charge in [0.05, 0.1) is 12.2 Å². The smallest absolute Gasteiger partial charge is 0.249 e. The number of hydrogen-bond donors (Lipinski definition) is 1. The maximum Gasteiger partial charge on any atom is 0.249 e. The minimum atomic E-state index is -0.407. The van der Waals surface area contributed by atoms with Gasteiger partial charge in [-0.3, -0.25) is 9.69 Å². The third-order valence-corrected chi connectivity index (χ3v) is 4.56. The number of carbonyl (C=O) groups excluding carboxylic acids is 1. The predicted molar refractivity (Wildman–Crippen MR) is 79.0 cm³/mol. The number of rotatable bonds is 2. The van der Waals surface area contributed by atoms with Gasteiger partial charge in [-0.25, -0.2) is 4.98 Å². The van der Waals surface area contributed by atoms with Crippen LogP contribution < -0.4 is 10.2 Å². The average Bonchev–Trinajstić information content (AvgIpc) is 2.45. The van der Waals surface area contributed by atoms with Crippen LogP contribution >= 0.6 is 11.6 Å². The molecule has 0 radical (unpaired) electrons. The van der Waals surface area contributed by atoms with Gasteiger partial charge in [0.1, 0.15) is 5.54 Å². The summed E-state index contributed by atoms with van der Waals surface area (Å²) in [5, 5.41) is 3.79. The second-order valence-electron chi connectivity index (χ2n) is 5.78. The molecule has 0 bridgehead atoms. The van der Waals surface area contributed by atoms with Crippen molar-refractivity contribution in [2.75, 3.05) is 31.1 Å². The highest BCUT2D eigenvalue weighted by Crippen LogP contribution is 2.36. The van der Waals surface area contributed by atoms with Crippen molar-refractivity contribution in [3.05, 3.63) is 23.5 Å². The molecule has 2 aliphatic heterocycles. The second kappa shape index (κ2) is 4.98. The van der Waals surface area contributed by atoms with Crippen LogP contribution in [0.4, 0.5) is 5.69 Å². The fraction of sp³-hybridized carbons (Fsp3) is 0.571. The van der Waals surface area contributed by atoms with Crippen LogP contribution in [0.1, 0.15) is 13.8 Å². The number of piperazine rings is 1. The van der Waals surface area contributed by atoms with E-state index < -0.39 is 5.54 Å². The zero-order valence-electron chi connectivity index (χ0n) is 11.8. The number of β-lactam (4-membered cyclic amide) rings is 1. The van der Waals surface area contributed by atoms with Crippen molar-refractivity contribution in [1.82, 2.24) is 15.2 Å². The highest BCUT2D eigenvalue weighted by atomic mass is 35.5. The lowest BCUT2D eigenvalue weighted by Gasteiger charge is -2.54. The number of halogens is 1. The summed E-state index contributed by atoms with van der Waals surface area (Å²) in [6.07, 6.45) is 1.63. The maximum atomic E-state index is 12.6. The van der Waals surface area contributed by atoms with Crippen molar-refractivity contribution in [3.63, 3.8) is 0 Å². The Morgan fingerprint density at radius 2 is 2.35 bits per heavy atom. The summed E-state index contributed by atoms with van der Waals surface area (Å²) in [6.45, 7) is 7.57. The maximum absolute atomic E-state index is 12.6. The Morgan fingerprint density at radius 3 is 3.00 bits per heavy atom. The van der Waals surface area contributed by atoms with Gasteiger partial charge < -0.3 is 10.2 Å². The number of pyridine rings is 1. The number of aromatic nitrogens is 1. The quantitative estimate of drug-likeness (QED) is 0.656. The zero-order valence-corrected chi connectivity index (χ0v) is 12.5. The van der Waals surface area contributed by atoms with E-state index in [9.17, 15) is 4.79 Å². The Balaban J connectivity index is 1.77. The lowest BCUT2D eigenvalue weighted by atomic mass is 9.87. The van der Waals surface area contributed by atoms with E-state index in [0.29, 0.717) is 23.4 Å². The fourth-order valence-electron chi connectivity index (χ4n) is 3.04. The van der Waals surface area contributed by atoms with E-state index in [4.69, 9.17) is 11.6 Å². The molecule has 20 heavy (non-hydrogen) atoms. The van der Waals surface area contributed by atoms with Crippen molar-refractivity contribution in [2.24, 2.45) is 0 Å². The molecule has 1 aromatic heterocycles. The second-order valence-corrected chi connectivity index (χ2v) is 6.14. The molecule has 3 heterocycles. The summed E-state index contributed by atoms with van der Waals surface area (Å²) in [4.78, 5) is 20.7. The summed E-state index contributed by atoms with van der Waals surface area (Å²) in [6, 6.07) is 4.06. The molecule has 1 unspecified atom stereocenters. The van der Waals surface area contributed by atoms with Gasteiger partial charge in [0.15, 0.2) is 5.15 Å². The minimum Gasteiger partial charge on any atom is -0.312 e. The molecule has 0 aliphatic carbocycles. The molecule has 0 aromatic carbocycles. The van der Waals surface area contributed by atoms with Crippen LogP contribution in [0.25, 0.3) is 0 Å². The van der Waals surface area contributed by atoms with Gasteiger partial charge in [-0.05, 0) is 26.0 Å². The van der Waals surface area contributed by atoms with Crippen LogP contribution in [0, 0.1) is 0 Å². The Labute approximate surface area is 123 Å². The third-order valence-electron chi connectivity index (χ3n) is 4.27. The molecule has 2 saturated heterocycles. The number of hydrogen-bond acceptors (Lipinski definition) is 4. The summed E-state index contributed by atoms with van der Waals surface area (Å²) >= 11 is 6.07. The fourth-order valence-corrected chi connectivity index (χ4v) is 3.26. The minimum absolute atomic E-state index is 0.113. The van der Waals surface area contributed by atoms with Gasteiger partial charge in [-0.1, -0.05) is 11.6 Å². The molecule has 108 valence electrons. The summed E-state index contributed by atoms with van der Waals surface area (Å²) < 4.78 is 0. The van der Waals surface area contributed by atoms with Crippen molar-refractivity contribution in [3.8, 4) is 0 Å². The average molecular weight is 295 g/mol. The van der Waals surface area contributed by atoms with Crippen LogP contribution in [0.3, 0.4) is 0 Å². The molecule has 2 atom stereocenters. The number of nitrogens with zero attached hydrogens (tertiary/aromatic N) is 3.